The fourth-order valence-electron chi connectivity index (χ4n) is 0.504. The summed E-state index contributed by atoms with van der Waals surface area (Å²) in [5.74, 6) is 0.00944. The maximum absolute atomic E-state index is 10.2. The number of allylic oxidation sites excluding steroid dienone is 1. The molecule has 1 aliphatic rings. The lowest BCUT2D eigenvalue weighted by Gasteiger charge is -1.90. The Balaban J connectivity index is 2.44. The molecule has 0 aromatic heterocycles. The van der Waals surface area contributed by atoms with E-state index >= 15 is 0 Å². The highest BCUT2D eigenvalue weighted by Gasteiger charge is 2.00. The number of carbonyl (C=O) groups excluding carboxylic acids is 1. The normalized spacial score (nSPS) is 16.2. The molecule has 1 rings (SSSR count). The molecule has 0 aromatic carbocycles. The Morgan fingerprint density at radius 3 is 3.10 bits per heavy atom. The molecule has 0 fully saturated rings. The molecule has 0 aromatic rings. The van der Waals surface area contributed by atoms with Gasteiger partial charge in [0.2, 0.25) is 12.7 Å². The number of hydrogen-bond donors (Lipinski definition) is 1. The lowest BCUT2D eigenvalue weighted by molar-refractivity contribution is -0.113. The summed E-state index contributed by atoms with van der Waals surface area (Å²) in [6.45, 7) is 0.207. The van der Waals surface area contributed by atoms with Crippen LogP contribution in [0.5, 0.6) is 0 Å². The first-order valence-electron chi connectivity index (χ1n) is 2.71. The van der Waals surface area contributed by atoms with Crippen molar-refractivity contribution in [2.45, 2.75) is 0 Å². The van der Waals surface area contributed by atoms with Crippen LogP contribution in [0, 0.1) is 0 Å². The van der Waals surface area contributed by atoms with E-state index in [0.29, 0.717) is 5.76 Å². The van der Waals surface area contributed by atoms with Crippen LogP contribution in [0.1, 0.15) is 0 Å². The van der Waals surface area contributed by atoms with Crippen LogP contribution < -0.4 is 5.73 Å². The van der Waals surface area contributed by atoms with Crippen molar-refractivity contribution in [1.29, 1.82) is 0 Å². The minimum Gasteiger partial charge on any atom is -0.461 e. The average Bonchev–Trinajstić information content (AvgIpc) is 2.34. The largest absolute Gasteiger partial charge is 0.461 e. The maximum atomic E-state index is 10.2. The maximum Gasteiger partial charge on any atom is 0.241 e. The van der Waals surface area contributed by atoms with Crippen molar-refractivity contribution in [2.24, 2.45) is 5.73 Å². The van der Waals surface area contributed by atoms with Crippen LogP contribution in [0.15, 0.2) is 24.2 Å². The fourth-order valence-corrected chi connectivity index (χ4v) is 0.504. The standard InChI is InChI=1S/C6H7NO3/c7-6(8)2-1-5-3-9-4-10-5/h1-3H,4H2,(H2,7,8). The van der Waals surface area contributed by atoms with Gasteiger partial charge in [0.15, 0.2) is 5.76 Å². The monoisotopic (exact) mass is 141 g/mol. The second-order valence-electron chi connectivity index (χ2n) is 1.68. The van der Waals surface area contributed by atoms with Crippen molar-refractivity contribution in [3.05, 3.63) is 24.2 Å². The summed E-state index contributed by atoms with van der Waals surface area (Å²) < 4.78 is 9.55. The summed E-state index contributed by atoms with van der Waals surface area (Å²) in [5, 5.41) is 0. The van der Waals surface area contributed by atoms with Gasteiger partial charge in [-0.25, -0.2) is 0 Å². The number of hydrogen-bond acceptors (Lipinski definition) is 3. The van der Waals surface area contributed by atoms with E-state index in [4.69, 9.17) is 15.2 Å². The van der Waals surface area contributed by atoms with Gasteiger partial charge in [0.05, 0.1) is 0 Å². The lowest BCUT2D eigenvalue weighted by atomic mass is 10.4. The number of amides is 1. The Hall–Kier alpha value is -1.45. The zero-order valence-electron chi connectivity index (χ0n) is 5.24. The molecule has 10 heavy (non-hydrogen) atoms. The number of carbonyl (C=O) groups is 1. The van der Waals surface area contributed by atoms with E-state index in [0.717, 1.165) is 0 Å². The minimum atomic E-state index is -0.503. The topological polar surface area (TPSA) is 61.6 Å². The number of rotatable bonds is 2. The molecule has 1 amide bonds. The third kappa shape index (κ3) is 1.81. The number of primary amides is 1. The lowest BCUT2D eigenvalue weighted by Crippen LogP contribution is -2.05. The van der Waals surface area contributed by atoms with Gasteiger partial charge in [-0.05, 0) is 6.08 Å². The molecule has 0 spiro atoms. The Labute approximate surface area is 57.9 Å². The highest BCUT2D eigenvalue weighted by molar-refractivity contribution is 5.86. The molecular weight excluding hydrogens is 134 g/mol. The van der Waals surface area contributed by atoms with E-state index in [9.17, 15) is 4.79 Å². The molecule has 0 radical (unpaired) electrons. The van der Waals surface area contributed by atoms with Crippen molar-refractivity contribution in [3.8, 4) is 0 Å². The molecule has 1 aliphatic heterocycles. The van der Waals surface area contributed by atoms with Crippen molar-refractivity contribution < 1.29 is 14.3 Å². The van der Waals surface area contributed by atoms with Crippen LogP contribution in [-0.4, -0.2) is 12.7 Å². The minimum absolute atomic E-state index is 0.207. The highest BCUT2D eigenvalue weighted by atomic mass is 16.7. The predicted octanol–water partition coefficient (Wildman–Crippen LogP) is -0.126. The van der Waals surface area contributed by atoms with Gasteiger partial charge < -0.3 is 15.2 Å². The first kappa shape index (κ1) is 6.67. The molecule has 0 bridgehead atoms. The van der Waals surface area contributed by atoms with E-state index in [1.54, 1.807) is 0 Å². The van der Waals surface area contributed by atoms with Crippen LogP contribution in [-0.2, 0) is 14.3 Å². The molecule has 2 N–H and O–H groups in total. The summed E-state index contributed by atoms with van der Waals surface area (Å²) >= 11 is 0. The Bertz CT molecular complexity index is 195. The van der Waals surface area contributed by atoms with Gasteiger partial charge in [0.1, 0.15) is 6.26 Å². The van der Waals surface area contributed by atoms with Gasteiger partial charge in [0, 0.05) is 6.08 Å². The van der Waals surface area contributed by atoms with Gasteiger partial charge in [-0.1, -0.05) is 0 Å². The van der Waals surface area contributed by atoms with Gasteiger partial charge in [-0.15, -0.1) is 0 Å². The van der Waals surface area contributed by atoms with Crippen molar-refractivity contribution in [3.63, 3.8) is 0 Å². The SMILES string of the molecule is NC(=O)C=CC1=COCO1. The zero-order valence-corrected chi connectivity index (χ0v) is 5.24. The predicted molar refractivity (Wildman–Crippen MR) is 33.5 cm³/mol. The van der Waals surface area contributed by atoms with E-state index < -0.39 is 5.91 Å². The Kier molecular flexibility index (Phi) is 1.94. The second kappa shape index (κ2) is 2.91. The first-order chi connectivity index (χ1) is 4.79. The molecule has 54 valence electrons. The first-order valence-corrected chi connectivity index (χ1v) is 2.71. The van der Waals surface area contributed by atoms with Crippen LogP contribution in [0.3, 0.4) is 0 Å². The van der Waals surface area contributed by atoms with E-state index in [-0.39, 0.29) is 6.79 Å². The van der Waals surface area contributed by atoms with Crippen molar-refractivity contribution in [1.82, 2.24) is 0 Å². The van der Waals surface area contributed by atoms with Gasteiger partial charge in [-0.3, -0.25) is 4.79 Å². The fraction of sp³-hybridized carbons (Fsp3) is 0.167. The second-order valence-corrected chi connectivity index (χ2v) is 1.68. The van der Waals surface area contributed by atoms with Gasteiger partial charge in [-0.2, -0.15) is 0 Å². The van der Waals surface area contributed by atoms with Gasteiger partial charge in [0.25, 0.3) is 0 Å². The molecule has 0 atom stereocenters. The summed E-state index contributed by atoms with van der Waals surface area (Å²) in [6.07, 6.45) is 4.08. The molecule has 4 heteroatoms. The number of ether oxygens (including phenoxy) is 2. The molecule has 1 heterocycles. The van der Waals surface area contributed by atoms with Crippen LogP contribution in [0.25, 0.3) is 0 Å². The van der Waals surface area contributed by atoms with Crippen LogP contribution in [0.4, 0.5) is 0 Å². The Morgan fingerprint density at radius 1 is 1.80 bits per heavy atom. The van der Waals surface area contributed by atoms with E-state index in [1.165, 1.54) is 18.4 Å². The molecule has 0 unspecified atom stereocenters. The van der Waals surface area contributed by atoms with Crippen molar-refractivity contribution in [2.75, 3.05) is 6.79 Å². The molecule has 0 saturated heterocycles. The molecule has 0 saturated carbocycles. The van der Waals surface area contributed by atoms with E-state index in [1.807, 2.05) is 0 Å². The Morgan fingerprint density at radius 2 is 2.60 bits per heavy atom. The summed E-state index contributed by atoms with van der Waals surface area (Å²) in [7, 11) is 0. The average molecular weight is 141 g/mol. The summed E-state index contributed by atoms with van der Waals surface area (Å²) in [4.78, 5) is 10.2. The molecule has 4 nitrogen and oxygen atoms in total. The number of nitrogens with two attached hydrogens (primary N) is 1. The highest BCUT2D eigenvalue weighted by Crippen LogP contribution is 2.06. The van der Waals surface area contributed by atoms with Crippen LogP contribution >= 0.6 is 0 Å². The van der Waals surface area contributed by atoms with E-state index in [2.05, 4.69) is 0 Å². The summed E-state index contributed by atoms with van der Waals surface area (Å²) in [5.41, 5.74) is 4.82. The van der Waals surface area contributed by atoms with Crippen LogP contribution in [0.2, 0.25) is 0 Å². The summed E-state index contributed by atoms with van der Waals surface area (Å²) in [6, 6.07) is 0. The third-order valence-electron chi connectivity index (χ3n) is 0.905. The molecule has 0 aliphatic carbocycles. The third-order valence-corrected chi connectivity index (χ3v) is 0.905. The quantitative estimate of drug-likeness (QED) is 0.545. The zero-order chi connectivity index (χ0) is 7.40. The van der Waals surface area contributed by atoms with Gasteiger partial charge >= 0.3 is 0 Å². The molecular formula is C6H7NO3. The van der Waals surface area contributed by atoms with Crippen molar-refractivity contribution >= 4 is 5.91 Å². The smallest absolute Gasteiger partial charge is 0.241 e.